The molecule has 0 fully saturated rings. The first kappa shape index (κ1) is 15.2. The average Bonchev–Trinajstić information content (AvgIpc) is 2.80. The Labute approximate surface area is 115 Å². The fourth-order valence-electron chi connectivity index (χ4n) is 1.64. The molecule has 106 valence electrons. The third kappa shape index (κ3) is 5.11. The molecule has 19 heavy (non-hydrogen) atoms. The van der Waals surface area contributed by atoms with Gasteiger partial charge in [0.05, 0.1) is 0 Å². The molecule has 1 aromatic heterocycles. The van der Waals surface area contributed by atoms with E-state index in [9.17, 15) is 0 Å². The molecule has 0 unspecified atom stereocenters. The van der Waals surface area contributed by atoms with Gasteiger partial charge < -0.3 is 14.8 Å². The van der Waals surface area contributed by atoms with E-state index in [1.807, 2.05) is 24.7 Å². The summed E-state index contributed by atoms with van der Waals surface area (Å²) in [5.41, 5.74) is 0. The molecular formula is C13H24N6. The molecular weight excluding hydrogens is 240 g/mol. The largest absolute Gasteiger partial charge is 0.357 e. The molecule has 6 heteroatoms. The summed E-state index contributed by atoms with van der Waals surface area (Å²) >= 11 is 0. The number of aliphatic imine (C=N–C) groups is 1. The monoisotopic (exact) mass is 264 g/mol. The van der Waals surface area contributed by atoms with Crippen LogP contribution >= 0.6 is 0 Å². The van der Waals surface area contributed by atoms with E-state index in [0.29, 0.717) is 6.54 Å². The fourth-order valence-corrected chi connectivity index (χ4v) is 1.64. The summed E-state index contributed by atoms with van der Waals surface area (Å²) in [5.74, 6) is 1.75. The summed E-state index contributed by atoms with van der Waals surface area (Å²) in [6, 6.07) is 0. The number of nitrogens with one attached hydrogen (secondary N) is 1. The maximum Gasteiger partial charge on any atom is 0.194 e. The van der Waals surface area contributed by atoms with E-state index < -0.39 is 0 Å². The molecule has 0 aliphatic carbocycles. The van der Waals surface area contributed by atoms with Gasteiger partial charge in [0, 0.05) is 27.2 Å². The Balaban J connectivity index is 2.59. The van der Waals surface area contributed by atoms with Crippen LogP contribution in [0.3, 0.4) is 0 Å². The zero-order chi connectivity index (χ0) is 14.1. The van der Waals surface area contributed by atoms with Crippen LogP contribution in [0.1, 0.15) is 25.6 Å². The van der Waals surface area contributed by atoms with Crippen LogP contribution in [0.4, 0.5) is 0 Å². The maximum absolute atomic E-state index is 4.58. The van der Waals surface area contributed by atoms with Crippen molar-refractivity contribution in [2.75, 3.05) is 20.1 Å². The van der Waals surface area contributed by atoms with Crippen molar-refractivity contribution in [1.82, 2.24) is 25.0 Å². The van der Waals surface area contributed by atoms with E-state index in [4.69, 9.17) is 0 Å². The minimum absolute atomic E-state index is 0.532. The normalized spacial score (nSPS) is 11.4. The van der Waals surface area contributed by atoms with Crippen molar-refractivity contribution in [3.05, 3.63) is 24.8 Å². The molecule has 0 bridgehead atoms. The fraction of sp³-hybridized carbons (Fsp3) is 0.615. The molecule has 1 aromatic rings. The molecule has 0 radical (unpaired) electrons. The molecule has 1 N–H and O–H groups in total. The topological polar surface area (TPSA) is 58.3 Å². The third-order valence-corrected chi connectivity index (χ3v) is 2.77. The number of aromatic nitrogens is 3. The molecule has 1 heterocycles. The van der Waals surface area contributed by atoms with E-state index in [1.54, 1.807) is 6.33 Å². The standard InChI is InChI=1S/C13H24N6/c1-5-7-8-9-18(3)13(14-6-2)15-10-12-17-16-11-19(12)4/h5,11H,1,6-10H2,2-4H3,(H,14,15). The Bertz CT molecular complexity index is 409. The number of nitrogens with zero attached hydrogens (tertiary/aromatic N) is 5. The van der Waals surface area contributed by atoms with Crippen molar-refractivity contribution >= 4 is 5.96 Å². The Morgan fingerprint density at radius 2 is 2.42 bits per heavy atom. The lowest BCUT2D eigenvalue weighted by molar-refractivity contribution is 0.469. The van der Waals surface area contributed by atoms with Crippen LogP contribution in [-0.2, 0) is 13.6 Å². The summed E-state index contributed by atoms with van der Waals surface area (Å²) < 4.78 is 1.88. The SMILES string of the molecule is C=CCCCN(C)C(=NCc1nncn1C)NCC. The van der Waals surface area contributed by atoms with Gasteiger partial charge in [-0.2, -0.15) is 0 Å². The number of rotatable bonds is 7. The molecule has 0 aromatic carbocycles. The molecule has 0 atom stereocenters. The van der Waals surface area contributed by atoms with Crippen LogP contribution in [0.15, 0.2) is 24.0 Å². The first-order valence-corrected chi connectivity index (χ1v) is 6.62. The quantitative estimate of drug-likeness (QED) is 0.348. The van der Waals surface area contributed by atoms with Crippen molar-refractivity contribution in [3.63, 3.8) is 0 Å². The Hall–Kier alpha value is -1.85. The molecule has 1 rings (SSSR count). The van der Waals surface area contributed by atoms with E-state index in [1.165, 1.54) is 0 Å². The van der Waals surface area contributed by atoms with Crippen LogP contribution in [0.2, 0.25) is 0 Å². The lowest BCUT2D eigenvalue weighted by atomic mass is 10.3. The van der Waals surface area contributed by atoms with Gasteiger partial charge in [-0.3, -0.25) is 0 Å². The zero-order valence-corrected chi connectivity index (χ0v) is 12.1. The van der Waals surface area contributed by atoms with Crippen LogP contribution in [0.5, 0.6) is 0 Å². The Morgan fingerprint density at radius 1 is 1.63 bits per heavy atom. The van der Waals surface area contributed by atoms with Crippen LogP contribution in [0.25, 0.3) is 0 Å². The van der Waals surface area contributed by atoms with E-state index >= 15 is 0 Å². The highest BCUT2D eigenvalue weighted by molar-refractivity contribution is 5.79. The summed E-state index contributed by atoms with van der Waals surface area (Å²) in [7, 11) is 3.97. The van der Waals surface area contributed by atoms with Gasteiger partial charge in [-0.05, 0) is 19.8 Å². The maximum atomic E-state index is 4.58. The highest BCUT2D eigenvalue weighted by Crippen LogP contribution is 1.98. The number of hydrogen-bond acceptors (Lipinski definition) is 3. The summed E-state index contributed by atoms with van der Waals surface area (Å²) in [4.78, 5) is 6.71. The van der Waals surface area contributed by atoms with E-state index in [0.717, 1.165) is 37.7 Å². The van der Waals surface area contributed by atoms with E-state index in [2.05, 4.69) is 38.9 Å². The number of hydrogen-bond donors (Lipinski definition) is 1. The summed E-state index contributed by atoms with van der Waals surface area (Å²) in [5, 5.41) is 11.2. The lowest BCUT2D eigenvalue weighted by Crippen LogP contribution is -2.39. The van der Waals surface area contributed by atoms with Gasteiger partial charge in [0.15, 0.2) is 11.8 Å². The first-order valence-electron chi connectivity index (χ1n) is 6.62. The van der Waals surface area contributed by atoms with Crippen LogP contribution in [-0.4, -0.2) is 45.8 Å². The van der Waals surface area contributed by atoms with Crippen molar-refractivity contribution in [1.29, 1.82) is 0 Å². The second-order valence-electron chi connectivity index (χ2n) is 4.38. The Kier molecular flexibility index (Phi) is 6.63. The molecule has 6 nitrogen and oxygen atoms in total. The second kappa shape index (κ2) is 8.29. The minimum atomic E-state index is 0.532. The molecule has 0 aliphatic heterocycles. The van der Waals surface area contributed by atoms with Gasteiger partial charge in [0.25, 0.3) is 0 Å². The lowest BCUT2D eigenvalue weighted by Gasteiger charge is -2.21. The van der Waals surface area contributed by atoms with Gasteiger partial charge >= 0.3 is 0 Å². The van der Waals surface area contributed by atoms with Gasteiger partial charge in [0.1, 0.15) is 12.9 Å². The Morgan fingerprint density at radius 3 is 3.00 bits per heavy atom. The summed E-state index contributed by atoms with van der Waals surface area (Å²) in [6.07, 6.45) is 5.73. The number of guanidine groups is 1. The molecule has 0 aliphatic rings. The number of aryl methyl sites for hydroxylation is 1. The first-order chi connectivity index (χ1) is 9.19. The van der Waals surface area contributed by atoms with Crippen LogP contribution < -0.4 is 5.32 Å². The van der Waals surface area contributed by atoms with Gasteiger partial charge in [0.2, 0.25) is 0 Å². The molecule has 0 spiro atoms. The number of unbranched alkanes of at least 4 members (excludes halogenated alkanes) is 1. The van der Waals surface area contributed by atoms with Gasteiger partial charge in [-0.1, -0.05) is 6.08 Å². The van der Waals surface area contributed by atoms with Gasteiger partial charge in [-0.25, -0.2) is 4.99 Å². The predicted octanol–water partition coefficient (Wildman–Crippen LogP) is 1.18. The van der Waals surface area contributed by atoms with Crippen molar-refractivity contribution in [2.45, 2.75) is 26.3 Å². The van der Waals surface area contributed by atoms with Crippen molar-refractivity contribution in [2.24, 2.45) is 12.0 Å². The smallest absolute Gasteiger partial charge is 0.194 e. The molecule has 0 amide bonds. The molecule has 0 saturated heterocycles. The summed E-state index contributed by atoms with van der Waals surface area (Å²) in [6.45, 7) is 8.14. The van der Waals surface area contributed by atoms with Gasteiger partial charge in [-0.15, -0.1) is 16.8 Å². The van der Waals surface area contributed by atoms with Crippen molar-refractivity contribution < 1.29 is 0 Å². The highest BCUT2D eigenvalue weighted by Gasteiger charge is 2.06. The van der Waals surface area contributed by atoms with Crippen molar-refractivity contribution in [3.8, 4) is 0 Å². The average molecular weight is 264 g/mol. The number of allylic oxidation sites excluding steroid dienone is 1. The highest BCUT2D eigenvalue weighted by atomic mass is 15.3. The third-order valence-electron chi connectivity index (χ3n) is 2.77. The van der Waals surface area contributed by atoms with E-state index in [-0.39, 0.29) is 0 Å². The second-order valence-corrected chi connectivity index (χ2v) is 4.38. The minimum Gasteiger partial charge on any atom is -0.357 e. The zero-order valence-electron chi connectivity index (χ0n) is 12.1. The predicted molar refractivity (Wildman–Crippen MR) is 77.9 cm³/mol. The van der Waals surface area contributed by atoms with Crippen LogP contribution in [0, 0.1) is 0 Å². The molecule has 0 saturated carbocycles.